The number of benzene rings is 1. The summed E-state index contributed by atoms with van der Waals surface area (Å²) in [6, 6.07) is 4.35. The Morgan fingerprint density at radius 2 is 2.17 bits per heavy atom. The lowest BCUT2D eigenvalue weighted by Gasteiger charge is -2.08. The number of hydrogen-bond donors (Lipinski definition) is 0. The van der Waals surface area contributed by atoms with Gasteiger partial charge in [-0.15, -0.1) is 0 Å². The van der Waals surface area contributed by atoms with Gasteiger partial charge in [0.15, 0.2) is 0 Å². The third-order valence-corrected chi connectivity index (χ3v) is 2.00. The van der Waals surface area contributed by atoms with Crippen LogP contribution in [0.1, 0.15) is 12.5 Å². The molecular weight excluding hydrogens is 182 g/mol. The topological polar surface area (TPSA) is 0 Å². The second-order valence-corrected chi connectivity index (χ2v) is 2.89. The Balaban J connectivity index is 3.07. The highest BCUT2D eigenvalue weighted by atomic mass is 35.5. The number of hydrogen-bond acceptors (Lipinski definition) is 0. The minimum atomic E-state index is -0.608. The van der Waals surface area contributed by atoms with E-state index in [4.69, 9.17) is 11.6 Å². The van der Waals surface area contributed by atoms with Gasteiger partial charge in [0.25, 0.3) is 0 Å². The van der Waals surface area contributed by atoms with E-state index in [9.17, 15) is 8.78 Å². The Morgan fingerprint density at radius 1 is 1.50 bits per heavy atom. The molecule has 12 heavy (non-hydrogen) atoms. The van der Waals surface area contributed by atoms with Crippen LogP contribution in [0.4, 0.5) is 8.78 Å². The van der Waals surface area contributed by atoms with E-state index in [1.165, 1.54) is 12.1 Å². The molecule has 65 valence electrons. The first-order chi connectivity index (χ1) is 5.66. The fourth-order valence-corrected chi connectivity index (χ4v) is 1.19. The van der Waals surface area contributed by atoms with Crippen LogP contribution in [0.15, 0.2) is 18.2 Å². The van der Waals surface area contributed by atoms with E-state index in [0.717, 1.165) is 0 Å². The highest BCUT2D eigenvalue weighted by molar-refractivity contribution is 6.31. The van der Waals surface area contributed by atoms with E-state index < -0.39 is 12.5 Å². The zero-order valence-corrected chi connectivity index (χ0v) is 7.33. The lowest BCUT2D eigenvalue weighted by molar-refractivity contribution is 0.515. The maximum Gasteiger partial charge on any atom is 0.142 e. The first kappa shape index (κ1) is 9.46. The molecule has 0 aliphatic rings. The monoisotopic (exact) mass is 189 g/mol. The van der Waals surface area contributed by atoms with Gasteiger partial charge in [-0.3, -0.25) is 4.39 Å². The second kappa shape index (κ2) is 3.85. The third kappa shape index (κ3) is 1.75. The molecule has 0 unspecified atom stereocenters. The first-order valence-electron chi connectivity index (χ1n) is 3.49. The Labute approximate surface area is 75.2 Å². The Bertz CT molecular complexity index is 273. The standard InChI is InChI=1S/C9H8ClF2/c1-6(5-11)7-3-2-4-8(12)9(7)10/h2-4H,5H2,1H3. The minimum Gasteiger partial charge on any atom is -0.250 e. The molecule has 0 bridgehead atoms. The maximum atomic E-state index is 12.8. The van der Waals surface area contributed by atoms with Gasteiger partial charge in [-0.1, -0.05) is 30.7 Å². The van der Waals surface area contributed by atoms with Gasteiger partial charge in [0.2, 0.25) is 0 Å². The predicted octanol–water partition coefficient (Wildman–Crippen LogP) is 3.39. The van der Waals surface area contributed by atoms with Gasteiger partial charge in [-0.05, 0) is 11.6 Å². The summed E-state index contributed by atoms with van der Waals surface area (Å²) in [6.45, 7) is 0.976. The summed E-state index contributed by atoms with van der Waals surface area (Å²) in [5.74, 6) is -0.0681. The van der Waals surface area contributed by atoms with Crippen LogP contribution in [0, 0.1) is 11.7 Å². The van der Waals surface area contributed by atoms with E-state index in [1.807, 2.05) is 0 Å². The molecule has 0 saturated carbocycles. The molecule has 0 atom stereocenters. The van der Waals surface area contributed by atoms with E-state index >= 15 is 0 Å². The molecule has 0 spiro atoms. The normalized spacial score (nSPS) is 10.8. The summed E-state index contributed by atoms with van der Waals surface area (Å²) in [5.41, 5.74) is 0.444. The van der Waals surface area contributed by atoms with Crippen LogP contribution in [0.3, 0.4) is 0 Å². The zero-order valence-electron chi connectivity index (χ0n) is 6.57. The van der Waals surface area contributed by atoms with Crippen LogP contribution in [0.2, 0.25) is 5.02 Å². The lowest BCUT2D eigenvalue weighted by Crippen LogP contribution is -1.98. The molecule has 0 saturated heterocycles. The van der Waals surface area contributed by atoms with Crippen LogP contribution in [0.5, 0.6) is 0 Å². The van der Waals surface area contributed by atoms with Crippen molar-refractivity contribution >= 4 is 11.6 Å². The molecular formula is C9H8ClF2. The summed E-state index contributed by atoms with van der Waals surface area (Å²) < 4.78 is 25.0. The summed E-state index contributed by atoms with van der Waals surface area (Å²) in [4.78, 5) is 0. The molecule has 0 aromatic heterocycles. The van der Waals surface area contributed by atoms with Crippen LogP contribution < -0.4 is 0 Å². The Morgan fingerprint density at radius 3 is 2.75 bits per heavy atom. The smallest absolute Gasteiger partial charge is 0.142 e. The van der Waals surface area contributed by atoms with Crippen molar-refractivity contribution in [2.75, 3.05) is 6.67 Å². The average Bonchev–Trinajstić information content (AvgIpc) is 2.08. The summed E-state index contributed by atoms with van der Waals surface area (Å²) in [6.07, 6.45) is 0. The molecule has 1 radical (unpaired) electrons. The summed E-state index contributed by atoms with van der Waals surface area (Å²) >= 11 is 5.60. The van der Waals surface area contributed by atoms with Gasteiger partial charge in [-0.2, -0.15) is 0 Å². The van der Waals surface area contributed by atoms with Gasteiger partial charge in [0.05, 0.1) is 11.7 Å². The first-order valence-corrected chi connectivity index (χ1v) is 3.87. The van der Waals surface area contributed by atoms with Gasteiger partial charge >= 0.3 is 0 Å². The predicted molar refractivity (Wildman–Crippen MR) is 45.4 cm³/mol. The quantitative estimate of drug-likeness (QED) is 0.669. The maximum absolute atomic E-state index is 12.8. The Hall–Kier alpha value is -0.630. The van der Waals surface area contributed by atoms with E-state index in [2.05, 4.69) is 0 Å². The third-order valence-electron chi connectivity index (χ3n) is 1.61. The molecule has 1 aromatic rings. The SMILES string of the molecule is C[C](CF)c1cccc(F)c1Cl. The highest BCUT2D eigenvalue weighted by Gasteiger charge is 2.12. The van der Waals surface area contributed by atoms with Crippen molar-refractivity contribution in [3.05, 3.63) is 40.5 Å². The molecule has 1 aromatic carbocycles. The van der Waals surface area contributed by atoms with Gasteiger partial charge < -0.3 is 0 Å². The second-order valence-electron chi connectivity index (χ2n) is 2.52. The van der Waals surface area contributed by atoms with Crippen molar-refractivity contribution < 1.29 is 8.78 Å². The lowest BCUT2D eigenvalue weighted by atomic mass is 10.0. The fraction of sp³-hybridized carbons (Fsp3) is 0.222. The van der Waals surface area contributed by atoms with Crippen LogP contribution >= 0.6 is 11.6 Å². The van der Waals surface area contributed by atoms with Crippen LogP contribution in [-0.2, 0) is 0 Å². The van der Waals surface area contributed by atoms with E-state index in [0.29, 0.717) is 11.5 Å². The van der Waals surface area contributed by atoms with Gasteiger partial charge in [0.1, 0.15) is 5.82 Å². The van der Waals surface area contributed by atoms with E-state index in [1.54, 1.807) is 13.0 Å². The molecule has 1 rings (SSSR count). The minimum absolute atomic E-state index is 0.00681. The van der Waals surface area contributed by atoms with Crippen molar-refractivity contribution in [3.63, 3.8) is 0 Å². The van der Waals surface area contributed by atoms with Crippen LogP contribution in [-0.4, -0.2) is 6.67 Å². The Kier molecular flexibility index (Phi) is 3.04. The van der Waals surface area contributed by atoms with Gasteiger partial charge in [-0.25, -0.2) is 4.39 Å². The molecule has 0 aliphatic carbocycles. The molecule has 3 heteroatoms. The average molecular weight is 190 g/mol. The number of alkyl halides is 1. The summed E-state index contributed by atoms with van der Waals surface area (Å²) in [5, 5.41) is -0.00681. The molecule has 0 heterocycles. The number of rotatable bonds is 2. The molecule has 0 N–H and O–H groups in total. The molecule has 0 nitrogen and oxygen atoms in total. The highest BCUT2D eigenvalue weighted by Crippen LogP contribution is 2.26. The van der Waals surface area contributed by atoms with Crippen molar-refractivity contribution in [1.82, 2.24) is 0 Å². The van der Waals surface area contributed by atoms with Gasteiger partial charge in [0, 0.05) is 5.92 Å². The van der Waals surface area contributed by atoms with Crippen molar-refractivity contribution in [2.24, 2.45) is 0 Å². The largest absolute Gasteiger partial charge is 0.250 e. The molecule has 0 aliphatic heterocycles. The van der Waals surface area contributed by atoms with Crippen LogP contribution in [0.25, 0.3) is 0 Å². The zero-order chi connectivity index (χ0) is 9.14. The number of halogens is 3. The summed E-state index contributed by atoms with van der Waals surface area (Å²) in [7, 11) is 0. The van der Waals surface area contributed by atoms with Crippen molar-refractivity contribution in [2.45, 2.75) is 6.92 Å². The van der Waals surface area contributed by atoms with E-state index in [-0.39, 0.29) is 5.02 Å². The van der Waals surface area contributed by atoms with Crippen molar-refractivity contribution in [3.8, 4) is 0 Å². The fourth-order valence-electron chi connectivity index (χ4n) is 0.905. The van der Waals surface area contributed by atoms with Crippen molar-refractivity contribution in [1.29, 1.82) is 0 Å². The molecule has 0 fully saturated rings. The molecule has 0 amide bonds.